The highest BCUT2D eigenvalue weighted by molar-refractivity contribution is 7.99. The third kappa shape index (κ3) is 6.05. The summed E-state index contributed by atoms with van der Waals surface area (Å²) in [5.41, 5.74) is -0.587. The number of aryl methyl sites for hydroxylation is 1. The molecule has 1 unspecified atom stereocenters. The molecule has 7 heteroatoms. The third-order valence-corrected chi connectivity index (χ3v) is 4.21. The minimum Gasteiger partial charge on any atom is -0.468 e. The van der Waals surface area contributed by atoms with Crippen molar-refractivity contribution in [1.29, 1.82) is 0 Å². The third-order valence-electron chi connectivity index (χ3n) is 3.28. The van der Waals surface area contributed by atoms with Gasteiger partial charge >= 0.3 is 5.97 Å². The lowest BCUT2D eigenvalue weighted by Crippen LogP contribution is -2.50. The molecule has 0 aromatic carbocycles. The van der Waals surface area contributed by atoms with E-state index in [4.69, 9.17) is 4.74 Å². The molecule has 120 valence electrons. The Morgan fingerprint density at radius 1 is 1.48 bits per heavy atom. The number of rotatable bonds is 10. The molecule has 0 aliphatic rings. The van der Waals surface area contributed by atoms with Crippen molar-refractivity contribution in [1.82, 2.24) is 20.5 Å². The van der Waals surface area contributed by atoms with E-state index in [0.29, 0.717) is 0 Å². The van der Waals surface area contributed by atoms with Crippen LogP contribution >= 0.6 is 11.8 Å². The van der Waals surface area contributed by atoms with Crippen molar-refractivity contribution in [2.45, 2.75) is 57.1 Å². The minimum atomic E-state index is -0.587. The summed E-state index contributed by atoms with van der Waals surface area (Å²) in [4.78, 5) is 16.2. The van der Waals surface area contributed by atoms with Crippen molar-refractivity contribution in [2.24, 2.45) is 0 Å². The normalized spacial score (nSPS) is 13.9. The molecule has 0 saturated carbocycles. The summed E-state index contributed by atoms with van der Waals surface area (Å²) in [7, 11) is 1.44. The monoisotopic (exact) mass is 314 g/mol. The molecule has 0 radical (unpaired) electrons. The van der Waals surface area contributed by atoms with E-state index in [1.165, 1.54) is 7.11 Å². The van der Waals surface area contributed by atoms with Crippen molar-refractivity contribution >= 4 is 17.7 Å². The Labute approximate surface area is 130 Å². The largest absolute Gasteiger partial charge is 0.468 e. The predicted octanol–water partition coefficient (Wildman–Crippen LogP) is 2.31. The average molecular weight is 314 g/mol. The summed E-state index contributed by atoms with van der Waals surface area (Å²) in [6, 6.07) is 0. The summed E-state index contributed by atoms with van der Waals surface area (Å²) in [5, 5.41) is 11.0. The Hall–Kier alpha value is -1.08. The highest BCUT2D eigenvalue weighted by Crippen LogP contribution is 2.19. The molecule has 0 spiro atoms. The highest BCUT2D eigenvalue weighted by Gasteiger charge is 2.32. The molecule has 1 aromatic heterocycles. The quantitative estimate of drug-likeness (QED) is 0.392. The van der Waals surface area contributed by atoms with Gasteiger partial charge in [0.25, 0.3) is 0 Å². The van der Waals surface area contributed by atoms with Crippen LogP contribution in [0.4, 0.5) is 0 Å². The van der Waals surface area contributed by atoms with Crippen LogP contribution in [0.5, 0.6) is 0 Å². The number of H-pyrrole nitrogens is 1. The summed E-state index contributed by atoms with van der Waals surface area (Å²) >= 11 is 1.63. The van der Waals surface area contributed by atoms with Gasteiger partial charge in [-0.1, -0.05) is 25.1 Å². The Morgan fingerprint density at radius 2 is 2.24 bits per heavy atom. The number of nitrogens with one attached hydrogen (secondary N) is 2. The van der Waals surface area contributed by atoms with Crippen molar-refractivity contribution in [3.05, 3.63) is 5.82 Å². The van der Waals surface area contributed by atoms with Gasteiger partial charge in [-0.15, -0.1) is 5.10 Å². The number of ether oxygens (including phenoxy) is 1. The fourth-order valence-electron chi connectivity index (χ4n) is 2.02. The predicted molar refractivity (Wildman–Crippen MR) is 84.4 cm³/mol. The number of carbonyl (C=O) groups excluding carboxylic acids is 1. The van der Waals surface area contributed by atoms with Gasteiger partial charge in [0, 0.05) is 5.75 Å². The molecule has 1 rings (SSSR count). The summed E-state index contributed by atoms with van der Waals surface area (Å²) in [6.45, 7) is 6.70. The topological polar surface area (TPSA) is 79.9 Å². The Balaban J connectivity index is 2.31. The fourth-order valence-corrected chi connectivity index (χ4v) is 2.86. The Kier molecular flexibility index (Phi) is 7.74. The maximum absolute atomic E-state index is 11.9. The molecule has 2 N–H and O–H groups in total. The average Bonchev–Trinajstić information content (AvgIpc) is 2.89. The van der Waals surface area contributed by atoms with E-state index in [2.05, 4.69) is 27.4 Å². The molecule has 0 aliphatic heterocycles. The molecule has 0 aliphatic carbocycles. The Morgan fingerprint density at radius 3 is 2.81 bits per heavy atom. The zero-order chi connectivity index (χ0) is 15.7. The van der Waals surface area contributed by atoms with Crippen molar-refractivity contribution in [3.8, 4) is 0 Å². The second-order valence-corrected chi connectivity index (χ2v) is 6.32. The zero-order valence-electron chi connectivity index (χ0n) is 13.4. The molecular weight excluding hydrogens is 288 g/mol. The van der Waals surface area contributed by atoms with Gasteiger partial charge in [0.1, 0.15) is 11.4 Å². The van der Waals surface area contributed by atoms with Gasteiger partial charge in [0.15, 0.2) is 0 Å². The van der Waals surface area contributed by atoms with E-state index in [-0.39, 0.29) is 5.97 Å². The van der Waals surface area contributed by atoms with Gasteiger partial charge in [-0.25, -0.2) is 4.98 Å². The number of aromatic amines is 1. The standard InChI is InChI=1S/C14H26N4O2S/c1-5-9-15-14(3,12(19)20-4)8-6-7-10-21-13-16-11(2)17-18-13/h15H,5-10H2,1-4H3,(H,16,17,18). The fraction of sp³-hybridized carbons (Fsp3) is 0.786. The van der Waals surface area contributed by atoms with Gasteiger partial charge in [0.2, 0.25) is 5.16 Å². The van der Waals surface area contributed by atoms with Gasteiger partial charge in [-0.3, -0.25) is 9.89 Å². The van der Waals surface area contributed by atoms with E-state index in [1.807, 2.05) is 13.8 Å². The second kappa shape index (κ2) is 9.04. The molecule has 0 amide bonds. The summed E-state index contributed by atoms with van der Waals surface area (Å²) < 4.78 is 4.91. The molecule has 0 fully saturated rings. The molecule has 0 saturated heterocycles. The van der Waals surface area contributed by atoms with E-state index < -0.39 is 5.54 Å². The number of carbonyl (C=O) groups is 1. The molecule has 1 heterocycles. The molecule has 21 heavy (non-hydrogen) atoms. The number of esters is 1. The molecular formula is C14H26N4O2S. The van der Waals surface area contributed by atoms with Crippen molar-refractivity contribution < 1.29 is 9.53 Å². The van der Waals surface area contributed by atoms with Crippen LogP contribution in [0.3, 0.4) is 0 Å². The van der Waals surface area contributed by atoms with E-state index in [0.717, 1.165) is 49.0 Å². The first kappa shape index (κ1) is 18.0. The van der Waals surface area contributed by atoms with Crippen LogP contribution < -0.4 is 5.32 Å². The number of hydrogen-bond donors (Lipinski definition) is 2. The number of unbranched alkanes of at least 4 members (excludes halogenated alkanes) is 1. The zero-order valence-corrected chi connectivity index (χ0v) is 14.2. The number of hydrogen-bond acceptors (Lipinski definition) is 6. The summed E-state index contributed by atoms with van der Waals surface area (Å²) in [6.07, 6.45) is 3.73. The number of thioether (sulfide) groups is 1. The lowest BCUT2D eigenvalue weighted by molar-refractivity contribution is -0.148. The van der Waals surface area contributed by atoms with Crippen LogP contribution in [-0.4, -0.2) is 46.1 Å². The highest BCUT2D eigenvalue weighted by atomic mass is 32.2. The van der Waals surface area contributed by atoms with Gasteiger partial charge in [-0.2, -0.15) is 0 Å². The van der Waals surface area contributed by atoms with E-state index in [9.17, 15) is 4.79 Å². The Bertz CT molecular complexity index is 438. The van der Waals surface area contributed by atoms with Gasteiger partial charge < -0.3 is 10.1 Å². The summed E-state index contributed by atoms with van der Waals surface area (Å²) in [5.74, 6) is 1.59. The maximum Gasteiger partial charge on any atom is 0.325 e. The number of methoxy groups -OCH3 is 1. The maximum atomic E-state index is 11.9. The van der Waals surface area contributed by atoms with Crippen LogP contribution in [0, 0.1) is 6.92 Å². The first-order valence-corrected chi connectivity index (χ1v) is 8.35. The molecule has 1 atom stereocenters. The van der Waals surface area contributed by atoms with Gasteiger partial charge in [-0.05, 0) is 39.7 Å². The van der Waals surface area contributed by atoms with Crippen LogP contribution in [0.15, 0.2) is 5.16 Å². The first-order valence-electron chi connectivity index (χ1n) is 7.37. The lowest BCUT2D eigenvalue weighted by Gasteiger charge is -2.28. The first-order chi connectivity index (χ1) is 10.0. The molecule has 0 bridgehead atoms. The minimum absolute atomic E-state index is 0.187. The SMILES string of the molecule is CCCNC(C)(CCCCSc1n[nH]c(C)n1)C(=O)OC. The number of aromatic nitrogens is 3. The second-order valence-electron chi connectivity index (χ2n) is 5.26. The van der Waals surface area contributed by atoms with Crippen LogP contribution in [-0.2, 0) is 9.53 Å². The van der Waals surface area contributed by atoms with Crippen molar-refractivity contribution in [2.75, 3.05) is 19.4 Å². The number of nitrogens with zero attached hydrogens (tertiary/aromatic N) is 2. The van der Waals surface area contributed by atoms with E-state index >= 15 is 0 Å². The van der Waals surface area contributed by atoms with Crippen LogP contribution in [0.2, 0.25) is 0 Å². The van der Waals surface area contributed by atoms with Crippen molar-refractivity contribution in [3.63, 3.8) is 0 Å². The smallest absolute Gasteiger partial charge is 0.325 e. The lowest BCUT2D eigenvalue weighted by atomic mass is 9.95. The van der Waals surface area contributed by atoms with Crippen LogP contribution in [0.25, 0.3) is 0 Å². The van der Waals surface area contributed by atoms with Crippen LogP contribution in [0.1, 0.15) is 45.4 Å². The van der Waals surface area contributed by atoms with E-state index in [1.54, 1.807) is 11.8 Å². The molecule has 1 aromatic rings. The molecule has 6 nitrogen and oxygen atoms in total. The van der Waals surface area contributed by atoms with Gasteiger partial charge in [0.05, 0.1) is 7.11 Å².